The highest BCUT2D eigenvalue weighted by atomic mass is 16.5. The van der Waals surface area contributed by atoms with Crippen molar-refractivity contribution < 1.29 is 29.0 Å². The van der Waals surface area contributed by atoms with Gasteiger partial charge >= 0.3 is 5.97 Å². The van der Waals surface area contributed by atoms with Crippen molar-refractivity contribution in [1.82, 2.24) is 10.6 Å². The normalized spacial score (nSPS) is 10.9. The molecular weight excluding hydrogens is 450 g/mol. The third-order valence-electron chi connectivity index (χ3n) is 5.16. The van der Waals surface area contributed by atoms with E-state index in [-0.39, 0.29) is 35.8 Å². The fourth-order valence-electron chi connectivity index (χ4n) is 3.43. The van der Waals surface area contributed by atoms with Gasteiger partial charge < -0.3 is 25.2 Å². The predicted octanol–water partition coefficient (Wildman–Crippen LogP) is 3.05. The summed E-state index contributed by atoms with van der Waals surface area (Å²) in [5.41, 5.74) is 1.98. The van der Waals surface area contributed by atoms with E-state index >= 15 is 0 Å². The summed E-state index contributed by atoms with van der Waals surface area (Å²) in [6.45, 7) is 7.75. The second kappa shape index (κ2) is 12.0. The van der Waals surface area contributed by atoms with Gasteiger partial charge in [0, 0.05) is 24.7 Å². The van der Waals surface area contributed by atoms with Crippen molar-refractivity contribution in [1.29, 1.82) is 5.26 Å². The molecule has 0 radical (unpaired) electrons. The minimum absolute atomic E-state index is 0.00491. The van der Waals surface area contributed by atoms with Crippen molar-refractivity contribution in [3.05, 3.63) is 58.1 Å². The van der Waals surface area contributed by atoms with E-state index in [1.54, 1.807) is 31.2 Å². The van der Waals surface area contributed by atoms with E-state index in [9.17, 15) is 19.6 Å². The highest BCUT2D eigenvalue weighted by molar-refractivity contribution is 5.98. The van der Waals surface area contributed by atoms with E-state index in [0.29, 0.717) is 34.8 Å². The average molecular weight is 482 g/mol. The number of rotatable bonds is 11. The van der Waals surface area contributed by atoms with Crippen LogP contribution in [0.15, 0.2) is 30.3 Å². The Morgan fingerprint density at radius 1 is 1.09 bits per heavy atom. The molecule has 0 bridgehead atoms. The van der Waals surface area contributed by atoms with Crippen LogP contribution >= 0.6 is 0 Å². The fraction of sp³-hybridized carbons (Fsp3) is 0.385. The second-order valence-corrected chi connectivity index (χ2v) is 8.80. The van der Waals surface area contributed by atoms with Crippen molar-refractivity contribution in [2.75, 3.05) is 26.8 Å². The summed E-state index contributed by atoms with van der Waals surface area (Å²) in [7, 11) is 1.50. The van der Waals surface area contributed by atoms with Gasteiger partial charge in [-0.05, 0) is 48.2 Å². The van der Waals surface area contributed by atoms with Crippen LogP contribution in [0.2, 0.25) is 0 Å². The number of nitriles is 1. The minimum Gasteiger partial charge on any atom is -0.493 e. The summed E-state index contributed by atoms with van der Waals surface area (Å²) >= 11 is 0. The number of benzene rings is 2. The number of hydrogen-bond donors (Lipinski definition) is 3. The number of nitrogens with one attached hydrogen (secondary N) is 2. The molecule has 0 saturated heterocycles. The van der Waals surface area contributed by atoms with Gasteiger partial charge in [-0.2, -0.15) is 5.26 Å². The Hall–Kier alpha value is -3.90. The molecule has 0 unspecified atom stereocenters. The van der Waals surface area contributed by atoms with Crippen LogP contribution in [0.5, 0.6) is 11.5 Å². The Kier molecular flexibility index (Phi) is 9.37. The van der Waals surface area contributed by atoms with Crippen LogP contribution in [0.1, 0.15) is 65.1 Å². The number of carboxylic acids is 1. The summed E-state index contributed by atoms with van der Waals surface area (Å²) < 4.78 is 11.0. The average Bonchev–Trinajstić information content (AvgIpc) is 2.81. The number of nitrogens with zero attached hydrogens (tertiary/aromatic N) is 1. The van der Waals surface area contributed by atoms with Crippen LogP contribution < -0.4 is 20.1 Å². The number of ketones is 1. The molecule has 2 aromatic rings. The molecule has 2 rings (SSSR count). The number of hydrogen-bond acceptors (Lipinski definition) is 7. The highest BCUT2D eigenvalue weighted by Crippen LogP contribution is 2.32. The number of amides is 1. The molecule has 0 saturated carbocycles. The molecule has 35 heavy (non-hydrogen) atoms. The molecule has 0 spiro atoms. The van der Waals surface area contributed by atoms with E-state index < -0.39 is 12.6 Å². The number of ether oxygens (including phenoxy) is 2. The van der Waals surface area contributed by atoms with Crippen LogP contribution in [-0.2, 0) is 16.8 Å². The lowest BCUT2D eigenvalue weighted by molar-refractivity contribution is -0.139. The third-order valence-corrected chi connectivity index (χ3v) is 5.16. The Morgan fingerprint density at radius 3 is 2.37 bits per heavy atom. The standard InChI is InChI=1S/C26H31N3O6/c1-6-34-23-11-18(17(12-27)9-19(23)25(33)28-5)13-29-14-21(30)16-7-8-22(35-15-24(31)32)20(10-16)26(2,3)4/h7-11,29H,6,13-15H2,1-5H3,(H,28,33)(H,31,32). The Morgan fingerprint density at radius 2 is 1.80 bits per heavy atom. The van der Waals surface area contributed by atoms with Gasteiger partial charge in [-0.25, -0.2) is 4.79 Å². The molecule has 1 amide bonds. The number of carbonyl (C=O) groups excluding carboxylic acids is 2. The van der Waals surface area contributed by atoms with Crippen molar-refractivity contribution >= 4 is 17.7 Å². The van der Waals surface area contributed by atoms with E-state index in [4.69, 9.17) is 14.6 Å². The lowest BCUT2D eigenvalue weighted by Gasteiger charge is -2.23. The Bertz CT molecular complexity index is 1140. The molecule has 0 aromatic heterocycles. The van der Waals surface area contributed by atoms with E-state index in [2.05, 4.69) is 16.7 Å². The fourth-order valence-corrected chi connectivity index (χ4v) is 3.43. The number of carboxylic acid groups (broad SMARTS) is 1. The summed E-state index contributed by atoms with van der Waals surface area (Å²) in [6, 6.07) is 10.1. The van der Waals surface area contributed by atoms with Gasteiger partial charge in [0.2, 0.25) is 0 Å². The molecule has 3 N–H and O–H groups in total. The molecule has 0 heterocycles. The largest absolute Gasteiger partial charge is 0.493 e. The molecule has 0 aliphatic heterocycles. The van der Waals surface area contributed by atoms with Gasteiger partial charge in [0.25, 0.3) is 5.91 Å². The molecule has 0 atom stereocenters. The molecule has 0 aliphatic rings. The molecule has 0 fully saturated rings. The number of aliphatic carboxylic acids is 1. The van der Waals surface area contributed by atoms with Crippen molar-refractivity contribution in [3.8, 4) is 17.6 Å². The quantitative estimate of drug-likeness (QED) is 0.417. The van der Waals surface area contributed by atoms with E-state index in [0.717, 1.165) is 5.56 Å². The van der Waals surface area contributed by atoms with Crippen LogP contribution in [0.25, 0.3) is 0 Å². The highest BCUT2D eigenvalue weighted by Gasteiger charge is 2.22. The smallest absolute Gasteiger partial charge is 0.341 e. The maximum Gasteiger partial charge on any atom is 0.341 e. The van der Waals surface area contributed by atoms with Gasteiger partial charge in [0.15, 0.2) is 12.4 Å². The summed E-state index contributed by atoms with van der Waals surface area (Å²) in [5.74, 6) is -0.832. The van der Waals surface area contributed by atoms with Crippen molar-refractivity contribution in [2.24, 2.45) is 0 Å². The van der Waals surface area contributed by atoms with Crippen molar-refractivity contribution in [3.63, 3.8) is 0 Å². The second-order valence-electron chi connectivity index (χ2n) is 8.80. The molecule has 186 valence electrons. The topological polar surface area (TPSA) is 138 Å². The zero-order valence-electron chi connectivity index (χ0n) is 20.7. The lowest BCUT2D eigenvalue weighted by Crippen LogP contribution is -2.24. The predicted molar refractivity (Wildman–Crippen MR) is 130 cm³/mol. The first-order valence-electron chi connectivity index (χ1n) is 11.2. The first-order valence-corrected chi connectivity index (χ1v) is 11.2. The van der Waals surface area contributed by atoms with Crippen LogP contribution in [0, 0.1) is 11.3 Å². The van der Waals surface area contributed by atoms with Gasteiger partial charge in [-0.3, -0.25) is 9.59 Å². The SMILES string of the molecule is CCOc1cc(CNCC(=O)c2ccc(OCC(=O)O)c(C(C)(C)C)c2)c(C#N)cc1C(=O)NC. The maximum atomic E-state index is 12.9. The van der Waals surface area contributed by atoms with Crippen molar-refractivity contribution in [2.45, 2.75) is 39.7 Å². The van der Waals surface area contributed by atoms with Gasteiger partial charge in [0.05, 0.1) is 30.3 Å². The first-order chi connectivity index (χ1) is 16.5. The van der Waals surface area contributed by atoms with Gasteiger partial charge in [0.1, 0.15) is 11.5 Å². The Labute approximate surface area is 205 Å². The lowest BCUT2D eigenvalue weighted by atomic mass is 9.85. The number of carbonyl (C=O) groups is 3. The third kappa shape index (κ3) is 7.29. The molecular formula is C26H31N3O6. The van der Waals surface area contributed by atoms with Crippen LogP contribution in [0.4, 0.5) is 0 Å². The first kappa shape index (κ1) is 27.3. The van der Waals surface area contributed by atoms with Gasteiger partial charge in [-0.15, -0.1) is 0 Å². The number of Topliss-reactive ketones (excluding diaryl/α,β-unsaturated/α-hetero) is 1. The summed E-state index contributed by atoms with van der Waals surface area (Å²) in [4.78, 5) is 35.9. The van der Waals surface area contributed by atoms with E-state index in [1.165, 1.54) is 13.1 Å². The molecule has 9 nitrogen and oxygen atoms in total. The summed E-state index contributed by atoms with van der Waals surface area (Å²) in [5, 5.41) is 24.0. The zero-order chi connectivity index (χ0) is 26.2. The monoisotopic (exact) mass is 481 g/mol. The molecule has 0 aliphatic carbocycles. The molecule has 9 heteroatoms. The van der Waals surface area contributed by atoms with Crippen LogP contribution in [0.3, 0.4) is 0 Å². The van der Waals surface area contributed by atoms with Crippen LogP contribution in [-0.4, -0.2) is 49.6 Å². The zero-order valence-corrected chi connectivity index (χ0v) is 20.7. The minimum atomic E-state index is -1.08. The Balaban J connectivity index is 2.20. The molecule has 2 aromatic carbocycles. The van der Waals surface area contributed by atoms with E-state index in [1.807, 2.05) is 20.8 Å². The maximum absolute atomic E-state index is 12.9. The summed E-state index contributed by atoms with van der Waals surface area (Å²) in [6.07, 6.45) is 0. The van der Waals surface area contributed by atoms with Gasteiger partial charge in [-0.1, -0.05) is 20.8 Å².